The normalized spacial score (nSPS) is 11.7. The van der Waals surface area contributed by atoms with Crippen molar-refractivity contribution in [2.24, 2.45) is 0 Å². The van der Waals surface area contributed by atoms with Gasteiger partial charge in [-0.15, -0.1) is 11.8 Å². The average Bonchev–Trinajstić information content (AvgIpc) is 3.01. The Kier molecular flexibility index (Phi) is 10.5. The molecule has 0 heterocycles. The second-order valence-corrected chi connectivity index (χ2v) is 11.0. The largest absolute Gasteiger partial charge is 0.465 e. The highest BCUT2D eigenvalue weighted by Gasteiger charge is 2.19. The summed E-state index contributed by atoms with van der Waals surface area (Å²) in [7, 11) is 1.28. The Morgan fingerprint density at radius 1 is 0.814 bits per heavy atom. The Balaban J connectivity index is 1.48. The third-order valence-electron chi connectivity index (χ3n) is 6.25. The highest BCUT2D eigenvalue weighted by atomic mass is 32.2. The maximum atomic E-state index is 13.4. The Hall–Kier alpha value is -5.15. The molecule has 0 saturated heterocycles. The number of carbonyl (C=O) groups excluding carboxylic acids is 4. The smallest absolute Gasteiger partial charge is 0.339 e. The van der Waals surface area contributed by atoms with E-state index in [2.05, 4.69) is 16.0 Å². The lowest BCUT2D eigenvalue weighted by Gasteiger charge is -2.15. The quantitative estimate of drug-likeness (QED) is 0.113. The Morgan fingerprint density at radius 3 is 2.28 bits per heavy atom. The van der Waals surface area contributed by atoms with Crippen LogP contribution >= 0.6 is 11.8 Å². The summed E-state index contributed by atoms with van der Waals surface area (Å²) in [5.41, 5.74) is 3.38. The average molecular weight is 594 g/mol. The number of nitrogens with one attached hydrogen (secondary N) is 3. The fraction of sp³-hybridized carbons (Fsp3) is 0.118. The zero-order valence-electron chi connectivity index (χ0n) is 23.9. The summed E-state index contributed by atoms with van der Waals surface area (Å²) < 4.78 is 4.80. The summed E-state index contributed by atoms with van der Waals surface area (Å²) in [6, 6.07) is 29.9. The van der Waals surface area contributed by atoms with Crippen LogP contribution < -0.4 is 16.0 Å². The number of methoxy groups -OCH3 is 1. The monoisotopic (exact) mass is 593 g/mol. The van der Waals surface area contributed by atoms with E-state index in [-0.39, 0.29) is 17.2 Å². The van der Waals surface area contributed by atoms with Crippen LogP contribution in [0.1, 0.15) is 38.8 Å². The summed E-state index contributed by atoms with van der Waals surface area (Å²) >= 11 is 1.29. The second kappa shape index (κ2) is 14.7. The molecule has 43 heavy (non-hydrogen) atoms. The number of thioether (sulfide) groups is 1. The molecule has 9 heteroatoms. The van der Waals surface area contributed by atoms with Crippen molar-refractivity contribution in [1.82, 2.24) is 5.32 Å². The Morgan fingerprint density at radius 2 is 1.53 bits per heavy atom. The van der Waals surface area contributed by atoms with Crippen LogP contribution in [0.2, 0.25) is 0 Å². The van der Waals surface area contributed by atoms with Gasteiger partial charge in [-0.3, -0.25) is 14.4 Å². The lowest BCUT2D eigenvalue weighted by atomic mass is 10.1. The van der Waals surface area contributed by atoms with E-state index in [0.717, 1.165) is 16.0 Å². The molecule has 0 fully saturated rings. The lowest BCUT2D eigenvalue weighted by Crippen LogP contribution is -2.30. The first-order chi connectivity index (χ1) is 20.7. The van der Waals surface area contributed by atoms with Gasteiger partial charge in [0.25, 0.3) is 11.8 Å². The van der Waals surface area contributed by atoms with E-state index in [9.17, 15) is 19.2 Å². The molecule has 0 aliphatic rings. The molecule has 4 aromatic carbocycles. The van der Waals surface area contributed by atoms with Crippen molar-refractivity contribution < 1.29 is 23.9 Å². The van der Waals surface area contributed by atoms with E-state index < -0.39 is 23.0 Å². The van der Waals surface area contributed by atoms with E-state index in [1.54, 1.807) is 79.7 Å². The van der Waals surface area contributed by atoms with Gasteiger partial charge in [0.2, 0.25) is 5.91 Å². The zero-order valence-corrected chi connectivity index (χ0v) is 24.7. The van der Waals surface area contributed by atoms with Crippen LogP contribution in [0.25, 0.3) is 6.08 Å². The van der Waals surface area contributed by atoms with Crippen LogP contribution in [-0.4, -0.2) is 36.1 Å². The third kappa shape index (κ3) is 8.67. The van der Waals surface area contributed by atoms with Gasteiger partial charge in [-0.25, -0.2) is 4.79 Å². The predicted molar refractivity (Wildman–Crippen MR) is 170 cm³/mol. The van der Waals surface area contributed by atoms with Crippen molar-refractivity contribution in [3.8, 4) is 0 Å². The van der Waals surface area contributed by atoms with Crippen LogP contribution in [-0.2, 0) is 14.3 Å². The molecule has 8 nitrogen and oxygen atoms in total. The van der Waals surface area contributed by atoms with E-state index >= 15 is 0 Å². The number of benzene rings is 4. The summed E-state index contributed by atoms with van der Waals surface area (Å²) in [6.45, 7) is 3.69. The van der Waals surface area contributed by atoms with Gasteiger partial charge in [-0.2, -0.15) is 0 Å². The minimum absolute atomic E-state index is 0.0783. The van der Waals surface area contributed by atoms with E-state index in [1.807, 2.05) is 43.3 Å². The maximum absolute atomic E-state index is 13.4. The van der Waals surface area contributed by atoms with Gasteiger partial charge in [0.1, 0.15) is 5.70 Å². The molecule has 4 aromatic rings. The maximum Gasteiger partial charge on any atom is 0.339 e. The molecule has 4 rings (SSSR count). The minimum atomic E-state index is -0.546. The molecule has 0 spiro atoms. The van der Waals surface area contributed by atoms with Crippen molar-refractivity contribution in [3.63, 3.8) is 0 Å². The molecule has 0 aromatic heterocycles. The topological polar surface area (TPSA) is 114 Å². The summed E-state index contributed by atoms with van der Waals surface area (Å²) in [4.78, 5) is 52.1. The van der Waals surface area contributed by atoms with E-state index in [0.29, 0.717) is 16.9 Å². The van der Waals surface area contributed by atoms with E-state index in [4.69, 9.17) is 4.74 Å². The van der Waals surface area contributed by atoms with E-state index in [1.165, 1.54) is 18.9 Å². The molecule has 0 aliphatic carbocycles. The van der Waals surface area contributed by atoms with Gasteiger partial charge in [-0.1, -0.05) is 66.2 Å². The first kappa shape index (κ1) is 30.8. The standard InChI is InChI=1S/C34H31N3O5S/c1-22-11-9-12-24(19-22)20-30(37-32(39)25-13-5-4-6-14-25)33(40)35-26-15-10-16-27(21-26)43-23(2)31(38)36-29-18-8-7-17-28(29)34(41)42-3/h4-21,23H,1-3H3,(H,35,40)(H,36,38)(H,37,39)/b30-20+. The van der Waals surface area contributed by atoms with Crippen molar-refractivity contribution >= 4 is 52.9 Å². The number of aryl methyl sites for hydroxylation is 1. The highest BCUT2D eigenvalue weighted by Crippen LogP contribution is 2.27. The van der Waals surface area contributed by atoms with Gasteiger partial charge < -0.3 is 20.7 Å². The number of hydrogen-bond acceptors (Lipinski definition) is 6. The van der Waals surface area contributed by atoms with Gasteiger partial charge in [0.15, 0.2) is 0 Å². The number of rotatable bonds is 10. The van der Waals surface area contributed by atoms with Gasteiger partial charge in [-0.05, 0) is 68.0 Å². The minimum Gasteiger partial charge on any atom is -0.465 e. The fourth-order valence-corrected chi connectivity index (χ4v) is 5.01. The number of amides is 3. The first-order valence-corrected chi connectivity index (χ1v) is 14.3. The molecule has 3 amide bonds. The number of ether oxygens (including phenoxy) is 1. The second-order valence-electron chi connectivity index (χ2n) is 9.56. The van der Waals surface area contributed by atoms with Crippen molar-refractivity contribution in [2.75, 3.05) is 17.7 Å². The number of para-hydroxylation sites is 1. The van der Waals surface area contributed by atoms with Crippen LogP contribution in [0.4, 0.5) is 11.4 Å². The molecular weight excluding hydrogens is 562 g/mol. The Bertz CT molecular complexity index is 1670. The van der Waals surface area contributed by atoms with Crippen LogP contribution in [0.15, 0.2) is 114 Å². The molecule has 3 N–H and O–H groups in total. The fourth-order valence-electron chi connectivity index (χ4n) is 4.09. The molecule has 1 unspecified atom stereocenters. The number of carbonyl (C=O) groups is 4. The molecule has 0 aliphatic heterocycles. The lowest BCUT2D eigenvalue weighted by molar-refractivity contribution is -0.115. The van der Waals surface area contributed by atoms with Crippen molar-refractivity contribution in [2.45, 2.75) is 24.0 Å². The van der Waals surface area contributed by atoms with Gasteiger partial charge in [0.05, 0.1) is 23.6 Å². The van der Waals surface area contributed by atoms with Crippen molar-refractivity contribution in [1.29, 1.82) is 0 Å². The number of esters is 1. The Labute approximate surface area is 254 Å². The molecular formula is C34H31N3O5S. The van der Waals surface area contributed by atoms with Crippen LogP contribution in [0.3, 0.4) is 0 Å². The molecule has 0 bridgehead atoms. The summed E-state index contributed by atoms with van der Waals surface area (Å²) in [6.07, 6.45) is 1.63. The van der Waals surface area contributed by atoms with Crippen LogP contribution in [0, 0.1) is 6.92 Å². The van der Waals surface area contributed by atoms with Crippen molar-refractivity contribution in [3.05, 3.63) is 131 Å². The van der Waals surface area contributed by atoms with Crippen LogP contribution in [0.5, 0.6) is 0 Å². The SMILES string of the molecule is COC(=O)c1ccccc1NC(=O)C(C)Sc1cccc(NC(=O)/C(=C\c2cccc(C)c2)NC(=O)c2ccccc2)c1. The highest BCUT2D eigenvalue weighted by molar-refractivity contribution is 8.00. The number of hydrogen-bond donors (Lipinski definition) is 3. The summed E-state index contributed by atoms with van der Waals surface area (Å²) in [5, 5.41) is 7.86. The molecule has 1 atom stereocenters. The molecule has 0 radical (unpaired) electrons. The zero-order chi connectivity index (χ0) is 30.8. The third-order valence-corrected chi connectivity index (χ3v) is 7.34. The predicted octanol–water partition coefficient (Wildman–Crippen LogP) is 6.31. The first-order valence-electron chi connectivity index (χ1n) is 13.4. The van der Waals surface area contributed by atoms with Gasteiger partial charge in [0, 0.05) is 16.1 Å². The molecule has 218 valence electrons. The molecule has 0 saturated carbocycles. The summed E-state index contributed by atoms with van der Waals surface area (Å²) in [5.74, 6) is -1.76. The number of anilines is 2. The van der Waals surface area contributed by atoms with Gasteiger partial charge >= 0.3 is 5.97 Å².